The van der Waals surface area contributed by atoms with Gasteiger partial charge in [0.1, 0.15) is 0 Å². The first-order valence-electron chi connectivity index (χ1n) is 21.9. The van der Waals surface area contributed by atoms with Gasteiger partial charge in [-0.15, -0.1) is 22.7 Å². The van der Waals surface area contributed by atoms with Crippen molar-refractivity contribution >= 4 is 106 Å². The molecule has 2 heteroatoms. The number of fused-ring (bicyclic) bond motifs is 15. The number of benzene rings is 11. The molecule has 13 aromatic rings. The zero-order valence-electron chi connectivity index (χ0n) is 34.8. The van der Waals surface area contributed by atoms with E-state index in [1.54, 1.807) is 0 Å². The first-order chi connectivity index (χ1) is 31.0. The Hall–Kier alpha value is -7.10. The maximum Gasteiger partial charge on any atom is 0.0534 e. The van der Waals surface area contributed by atoms with Gasteiger partial charge in [0.05, 0.1) is 9.40 Å². The minimum absolute atomic E-state index is 0.170. The molecule has 14 rings (SSSR count). The van der Waals surface area contributed by atoms with Crippen molar-refractivity contribution in [2.24, 2.45) is 0 Å². The quantitative estimate of drug-likeness (QED) is 0.156. The van der Waals surface area contributed by atoms with Gasteiger partial charge in [-0.05, 0) is 117 Å². The van der Waals surface area contributed by atoms with E-state index in [4.69, 9.17) is 0 Å². The summed E-state index contributed by atoms with van der Waals surface area (Å²) in [6.07, 6.45) is 0. The van der Waals surface area contributed by atoms with Crippen LogP contribution in [0, 0.1) is 0 Å². The van der Waals surface area contributed by atoms with E-state index in [0.717, 1.165) is 0 Å². The third kappa shape index (κ3) is 4.91. The third-order valence-corrected chi connectivity index (χ3v) is 16.8. The van der Waals surface area contributed by atoms with Crippen LogP contribution in [-0.2, 0) is 5.41 Å². The molecule has 0 amide bonds. The van der Waals surface area contributed by atoms with Gasteiger partial charge in [0.2, 0.25) is 0 Å². The lowest BCUT2D eigenvalue weighted by molar-refractivity contribution is 0.660. The van der Waals surface area contributed by atoms with Gasteiger partial charge in [0.15, 0.2) is 0 Å². The molecule has 63 heavy (non-hydrogen) atoms. The van der Waals surface area contributed by atoms with Crippen molar-refractivity contribution in [2.75, 3.05) is 0 Å². The predicted octanol–water partition coefficient (Wildman–Crippen LogP) is 18.3. The van der Waals surface area contributed by atoms with Gasteiger partial charge in [-0.25, -0.2) is 0 Å². The molecule has 0 unspecified atom stereocenters. The van der Waals surface area contributed by atoms with Crippen LogP contribution >= 0.6 is 22.7 Å². The summed E-state index contributed by atoms with van der Waals surface area (Å²) in [5.41, 5.74) is 13.0. The fourth-order valence-corrected chi connectivity index (χ4v) is 14.0. The zero-order valence-corrected chi connectivity index (χ0v) is 36.4. The van der Waals surface area contributed by atoms with Crippen molar-refractivity contribution in [1.29, 1.82) is 0 Å². The molecule has 1 aliphatic rings. The molecule has 11 aromatic carbocycles. The van der Waals surface area contributed by atoms with E-state index in [2.05, 4.69) is 208 Å². The maximum absolute atomic E-state index is 2.51. The summed E-state index contributed by atoms with van der Waals surface area (Å²) in [5, 5.41) is 15.7. The van der Waals surface area contributed by atoms with Crippen LogP contribution in [0.5, 0.6) is 0 Å². The zero-order chi connectivity index (χ0) is 41.6. The van der Waals surface area contributed by atoms with Gasteiger partial charge >= 0.3 is 0 Å². The Morgan fingerprint density at radius 1 is 0.317 bits per heavy atom. The molecule has 294 valence electrons. The highest BCUT2D eigenvalue weighted by atomic mass is 32.1. The summed E-state index contributed by atoms with van der Waals surface area (Å²) >= 11 is 3.91. The maximum atomic E-state index is 2.51. The van der Waals surface area contributed by atoms with Crippen LogP contribution < -0.4 is 0 Å². The second-order valence-electron chi connectivity index (χ2n) is 17.9. The Labute approximate surface area is 372 Å². The number of rotatable bonds is 3. The van der Waals surface area contributed by atoms with E-state index in [-0.39, 0.29) is 5.41 Å². The molecule has 0 saturated carbocycles. The highest BCUT2D eigenvalue weighted by Crippen LogP contribution is 2.54. The highest BCUT2D eigenvalue weighted by molar-refractivity contribution is 7.33. The summed E-state index contributed by atoms with van der Waals surface area (Å²) in [5.74, 6) is 0. The van der Waals surface area contributed by atoms with Crippen molar-refractivity contribution in [2.45, 2.75) is 19.3 Å². The fraction of sp³-hybridized carbons (Fsp3) is 0.0492. The first kappa shape index (κ1) is 35.5. The highest BCUT2D eigenvalue weighted by Gasteiger charge is 2.36. The summed E-state index contributed by atoms with van der Waals surface area (Å²) in [4.78, 5) is 0. The summed E-state index contributed by atoms with van der Waals surface area (Å²) in [7, 11) is 0. The van der Waals surface area contributed by atoms with Crippen LogP contribution in [-0.4, -0.2) is 0 Å². The molecule has 0 bridgehead atoms. The molecule has 0 N–H and O–H groups in total. The first-order valence-corrected chi connectivity index (χ1v) is 23.5. The Balaban J connectivity index is 0.966. The van der Waals surface area contributed by atoms with Gasteiger partial charge < -0.3 is 0 Å². The van der Waals surface area contributed by atoms with Gasteiger partial charge in [-0.3, -0.25) is 0 Å². The van der Waals surface area contributed by atoms with Gasteiger partial charge in [0.25, 0.3) is 0 Å². The molecule has 2 heterocycles. The van der Waals surface area contributed by atoms with Gasteiger partial charge in [-0.2, -0.15) is 0 Å². The minimum Gasteiger partial charge on any atom is -0.134 e. The Kier molecular flexibility index (Phi) is 7.31. The molecule has 0 aliphatic heterocycles. The summed E-state index contributed by atoms with van der Waals surface area (Å²) < 4.78 is 5.51. The third-order valence-electron chi connectivity index (χ3n) is 14.2. The standard InChI is InChI=1S/C61H38S2/c1-61(2)52-31-27-37(50-32-36-15-4-6-18-40(36)57-49-30-29-48-42-19-11-12-25-54(42)62-59(48)60(49)63-58(50)57)33-51(52)41-28-26-38(34-53(41)61)55-44-20-7-9-22-46(44)56(47-23-10-8-21-45(47)55)43-24-13-16-35-14-3-5-17-39(35)43/h3-34H,1-2H3. The molecule has 2 aromatic heterocycles. The SMILES string of the molecule is CC1(C)c2ccc(-c3cc4ccccc4c4c3sc3c4ccc4c5ccccc5sc43)cc2-c2ccc(-c3c4ccccc4c(-c4cccc5ccccc45)c4ccccc34)cc21. The molecular formula is C61H38S2. The van der Waals surface area contributed by atoms with E-state index < -0.39 is 0 Å². The van der Waals surface area contributed by atoms with Gasteiger partial charge in [0, 0.05) is 41.9 Å². The number of hydrogen-bond acceptors (Lipinski definition) is 2. The fourth-order valence-electron chi connectivity index (χ4n) is 11.3. The monoisotopic (exact) mass is 834 g/mol. The lowest BCUT2D eigenvalue weighted by atomic mass is 9.80. The van der Waals surface area contributed by atoms with E-state index >= 15 is 0 Å². The molecule has 0 atom stereocenters. The van der Waals surface area contributed by atoms with Crippen molar-refractivity contribution in [3.8, 4) is 44.5 Å². The average molecular weight is 835 g/mol. The van der Waals surface area contributed by atoms with Crippen LogP contribution in [0.15, 0.2) is 194 Å². The van der Waals surface area contributed by atoms with E-state index in [1.165, 1.54) is 139 Å². The lowest BCUT2D eigenvalue weighted by Gasteiger charge is -2.23. The number of hydrogen-bond donors (Lipinski definition) is 0. The summed E-state index contributed by atoms with van der Waals surface area (Å²) in [6.45, 7) is 4.83. The molecule has 0 saturated heterocycles. The van der Waals surface area contributed by atoms with Crippen LogP contribution in [0.2, 0.25) is 0 Å². The molecule has 0 radical (unpaired) electrons. The van der Waals surface area contributed by atoms with Crippen LogP contribution in [0.1, 0.15) is 25.0 Å². The van der Waals surface area contributed by atoms with Crippen LogP contribution in [0.4, 0.5) is 0 Å². The van der Waals surface area contributed by atoms with Crippen molar-refractivity contribution in [3.05, 3.63) is 205 Å². The number of thiophene rings is 2. The predicted molar refractivity (Wildman–Crippen MR) is 276 cm³/mol. The van der Waals surface area contributed by atoms with Gasteiger partial charge in [-0.1, -0.05) is 184 Å². The van der Waals surface area contributed by atoms with E-state index in [0.29, 0.717) is 0 Å². The second kappa shape index (κ2) is 13.0. The van der Waals surface area contributed by atoms with Crippen LogP contribution in [0.25, 0.3) is 128 Å². The Bertz CT molecular complexity index is 4060. The molecule has 0 spiro atoms. The normalized spacial score (nSPS) is 13.4. The van der Waals surface area contributed by atoms with Crippen LogP contribution in [0.3, 0.4) is 0 Å². The smallest absolute Gasteiger partial charge is 0.0534 e. The summed E-state index contributed by atoms with van der Waals surface area (Å²) in [6, 6.07) is 73.3. The van der Waals surface area contributed by atoms with Crippen molar-refractivity contribution in [1.82, 2.24) is 0 Å². The lowest BCUT2D eigenvalue weighted by Crippen LogP contribution is -2.15. The Morgan fingerprint density at radius 3 is 1.70 bits per heavy atom. The minimum atomic E-state index is -0.170. The molecule has 0 nitrogen and oxygen atoms in total. The molecular weight excluding hydrogens is 797 g/mol. The van der Waals surface area contributed by atoms with Crippen molar-refractivity contribution < 1.29 is 0 Å². The topological polar surface area (TPSA) is 0 Å². The van der Waals surface area contributed by atoms with Crippen molar-refractivity contribution in [3.63, 3.8) is 0 Å². The Morgan fingerprint density at radius 2 is 0.921 bits per heavy atom. The second-order valence-corrected chi connectivity index (χ2v) is 20.0. The van der Waals surface area contributed by atoms with E-state index in [9.17, 15) is 0 Å². The largest absolute Gasteiger partial charge is 0.134 e. The van der Waals surface area contributed by atoms with E-state index in [1.807, 2.05) is 22.7 Å². The molecule has 1 aliphatic carbocycles. The average Bonchev–Trinajstić information content (AvgIpc) is 3.98. The molecule has 0 fully saturated rings.